The Labute approximate surface area is 110 Å². The quantitative estimate of drug-likeness (QED) is 0.774. The molecule has 0 spiro atoms. The van der Waals surface area contributed by atoms with Crippen LogP contribution in [-0.2, 0) is 4.79 Å². The third-order valence-electron chi connectivity index (χ3n) is 3.16. The summed E-state index contributed by atoms with van der Waals surface area (Å²) in [5, 5.41) is 0.491. The predicted molar refractivity (Wildman–Crippen MR) is 66.5 cm³/mol. The molecule has 1 fully saturated rings. The molecule has 18 heavy (non-hydrogen) atoms. The largest absolute Gasteiger partial charge is 0.338 e. The first-order chi connectivity index (χ1) is 8.54. The number of piperidine rings is 1. The zero-order chi connectivity index (χ0) is 13.2. The van der Waals surface area contributed by atoms with Crippen molar-refractivity contribution in [1.29, 1.82) is 0 Å². The molecule has 0 N–H and O–H groups in total. The lowest BCUT2D eigenvalue weighted by molar-refractivity contribution is -0.120. The van der Waals surface area contributed by atoms with Gasteiger partial charge in [-0.3, -0.25) is 9.59 Å². The van der Waals surface area contributed by atoms with Gasteiger partial charge >= 0.3 is 0 Å². The van der Waals surface area contributed by atoms with E-state index in [4.69, 9.17) is 11.6 Å². The van der Waals surface area contributed by atoms with Gasteiger partial charge in [-0.05, 0) is 18.2 Å². The molecule has 1 aliphatic heterocycles. The highest BCUT2D eigenvalue weighted by Gasteiger charge is 2.35. The van der Waals surface area contributed by atoms with Crippen LogP contribution in [0.2, 0.25) is 5.02 Å². The smallest absolute Gasteiger partial charge is 0.253 e. The minimum absolute atomic E-state index is 0.0583. The third kappa shape index (κ3) is 2.70. The van der Waals surface area contributed by atoms with Gasteiger partial charge in [0.2, 0.25) is 0 Å². The van der Waals surface area contributed by atoms with E-state index in [0.29, 0.717) is 16.9 Å². The van der Waals surface area contributed by atoms with Crippen molar-refractivity contribution in [2.45, 2.75) is 18.5 Å². The molecule has 0 aromatic heterocycles. The van der Waals surface area contributed by atoms with Gasteiger partial charge in [0, 0.05) is 36.5 Å². The molecule has 0 bridgehead atoms. The number of amides is 1. The van der Waals surface area contributed by atoms with E-state index in [9.17, 15) is 14.0 Å². The third-order valence-corrected chi connectivity index (χ3v) is 3.40. The highest BCUT2D eigenvalue weighted by atomic mass is 35.5. The van der Waals surface area contributed by atoms with E-state index >= 15 is 0 Å². The first-order valence-electron chi connectivity index (χ1n) is 5.74. The van der Waals surface area contributed by atoms with E-state index in [1.807, 2.05) is 0 Å². The van der Waals surface area contributed by atoms with Crippen LogP contribution in [0.1, 0.15) is 23.2 Å². The van der Waals surface area contributed by atoms with E-state index < -0.39 is 5.67 Å². The minimum atomic E-state index is -1.77. The van der Waals surface area contributed by atoms with Crippen LogP contribution in [0.15, 0.2) is 24.3 Å². The van der Waals surface area contributed by atoms with Crippen LogP contribution in [0.3, 0.4) is 0 Å². The zero-order valence-corrected chi connectivity index (χ0v) is 10.5. The number of benzene rings is 1. The fourth-order valence-corrected chi connectivity index (χ4v) is 2.19. The SMILES string of the molecule is O=CC1(F)CCN(C(=O)c2cccc(Cl)c2)CC1. The van der Waals surface area contributed by atoms with Crippen molar-refractivity contribution >= 4 is 23.8 Å². The number of carbonyl (C=O) groups excluding carboxylic acids is 2. The van der Waals surface area contributed by atoms with E-state index in [0.717, 1.165) is 0 Å². The fourth-order valence-electron chi connectivity index (χ4n) is 2.00. The van der Waals surface area contributed by atoms with Gasteiger partial charge in [-0.1, -0.05) is 17.7 Å². The molecule has 0 atom stereocenters. The molecule has 96 valence electrons. The van der Waals surface area contributed by atoms with Gasteiger partial charge < -0.3 is 4.90 Å². The molecule has 1 aliphatic rings. The molecule has 1 aromatic rings. The van der Waals surface area contributed by atoms with Crippen LogP contribution in [0.4, 0.5) is 4.39 Å². The number of rotatable bonds is 2. The highest BCUT2D eigenvalue weighted by molar-refractivity contribution is 6.30. The maximum Gasteiger partial charge on any atom is 0.253 e. The number of hydrogen-bond donors (Lipinski definition) is 0. The molecule has 1 heterocycles. The lowest BCUT2D eigenvalue weighted by atomic mass is 9.94. The average Bonchev–Trinajstić information content (AvgIpc) is 2.39. The predicted octanol–water partition coefficient (Wildman–Crippen LogP) is 2.48. The van der Waals surface area contributed by atoms with Gasteiger partial charge in [-0.2, -0.15) is 0 Å². The van der Waals surface area contributed by atoms with Crippen LogP contribution < -0.4 is 0 Å². The topological polar surface area (TPSA) is 37.4 Å². The Balaban J connectivity index is 2.06. The summed E-state index contributed by atoms with van der Waals surface area (Å²) in [5.74, 6) is -0.176. The number of alkyl halides is 1. The van der Waals surface area contributed by atoms with E-state index in [1.54, 1.807) is 29.2 Å². The van der Waals surface area contributed by atoms with Gasteiger partial charge in [0.25, 0.3) is 5.91 Å². The van der Waals surface area contributed by atoms with Crippen molar-refractivity contribution in [1.82, 2.24) is 4.90 Å². The van der Waals surface area contributed by atoms with Crippen LogP contribution in [0, 0.1) is 0 Å². The molecular weight excluding hydrogens is 257 g/mol. The summed E-state index contributed by atoms with van der Waals surface area (Å²) in [4.78, 5) is 24.2. The van der Waals surface area contributed by atoms with Gasteiger partial charge in [0.1, 0.15) is 0 Å². The van der Waals surface area contributed by atoms with Crippen LogP contribution in [0.25, 0.3) is 0 Å². The standard InChI is InChI=1S/C13H13ClFNO2/c14-11-3-1-2-10(8-11)12(18)16-6-4-13(15,9-17)5-7-16/h1-3,8-9H,4-7H2. The summed E-state index contributed by atoms with van der Waals surface area (Å²) >= 11 is 5.82. The van der Waals surface area contributed by atoms with Crippen LogP contribution in [-0.4, -0.2) is 35.9 Å². The first-order valence-corrected chi connectivity index (χ1v) is 6.12. The first kappa shape index (κ1) is 13.0. The molecule has 1 saturated heterocycles. The van der Waals surface area contributed by atoms with Crippen molar-refractivity contribution < 1.29 is 14.0 Å². The number of nitrogens with zero attached hydrogens (tertiary/aromatic N) is 1. The van der Waals surface area contributed by atoms with Gasteiger partial charge in [-0.15, -0.1) is 0 Å². The number of halogens is 2. The lowest BCUT2D eigenvalue weighted by Gasteiger charge is -2.33. The Bertz CT molecular complexity index is 470. The molecule has 0 unspecified atom stereocenters. The molecule has 2 rings (SSSR count). The van der Waals surface area contributed by atoms with Crippen molar-refractivity contribution in [3.05, 3.63) is 34.9 Å². The van der Waals surface area contributed by atoms with E-state index in [2.05, 4.69) is 0 Å². The molecular formula is C13H13ClFNO2. The summed E-state index contributed by atoms with van der Waals surface area (Å²) in [7, 11) is 0. The maximum absolute atomic E-state index is 13.7. The zero-order valence-electron chi connectivity index (χ0n) is 9.73. The van der Waals surface area contributed by atoms with Crippen molar-refractivity contribution in [3.8, 4) is 0 Å². The number of likely N-dealkylation sites (tertiary alicyclic amines) is 1. The molecule has 0 aliphatic carbocycles. The lowest BCUT2D eigenvalue weighted by Crippen LogP contribution is -2.45. The Hall–Kier alpha value is -1.42. The monoisotopic (exact) mass is 269 g/mol. The van der Waals surface area contributed by atoms with Crippen molar-refractivity contribution in [3.63, 3.8) is 0 Å². The van der Waals surface area contributed by atoms with Gasteiger partial charge in [0.05, 0.1) is 0 Å². The number of carbonyl (C=O) groups is 2. The highest BCUT2D eigenvalue weighted by Crippen LogP contribution is 2.25. The maximum atomic E-state index is 13.7. The second kappa shape index (κ2) is 5.06. The molecule has 1 aromatic carbocycles. The molecule has 3 nitrogen and oxygen atoms in total. The summed E-state index contributed by atoms with van der Waals surface area (Å²) in [6.07, 6.45) is 0.458. The van der Waals surface area contributed by atoms with E-state index in [1.165, 1.54) is 0 Å². The fraction of sp³-hybridized carbons (Fsp3) is 0.385. The Morgan fingerprint density at radius 1 is 1.39 bits per heavy atom. The summed E-state index contributed by atoms with van der Waals surface area (Å²) in [6.45, 7) is 0.501. The van der Waals surface area contributed by atoms with E-state index in [-0.39, 0.29) is 31.8 Å². The van der Waals surface area contributed by atoms with Gasteiger partial charge in [-0.25, -0.2) is 4.39 Å². The molecule has 1 amide bonds. The summed E-state index contributed by atoms with van der Waals surface area (Å²) in [6, 6.07) is 6.64. The Kier molecular flexibility index (Phi) is 3.66. The molecule has 5 heteroatoms. The van der Waals surface area contributed by atoms with Crippen LogP contribution in [0.5, 0.6) is 0 Å². The molecule has 0 saturated carbocycles. The van der Waals surface area contributed by atoms with Crippen molar-refractivity contribution in [2.75, 3.05) is 13.1 Å². The average molecular weight is 270 g/mol. The minimum Gasteiger partial charge on any atom is -0.338 e. The summed E-state index contributed by atoms with van der Waals surface area (Å²) < 4.78 is 13.7. The second-order valence-electron chi connectivity index (χ2n) is 4.46. The summed E-state index contributed by atoms with van der Waals surface area (Å²) in [5.41, 5.74) is -1.29. The van der Waals surface area contributed by atoms with Crippen molar-refractivity contribution in [2.24, 2.45) is 0 Å². The molecule has 0 radical (unpaired) electrons. The van der Waals surface area contributed by atoms with Gasteiger partial charge in [0.15, 0.2) is 12.0 Å². The normalized spacial score (nSPS) is 18.4. The number of aldehydes is 1. The Morgan fingerprint density at radius 3 is 2.61 bits per heavy atom. The Morgan fingerprint density at radius 2 is 2.06 bits per heavy atom. The second-order valence-corrected chi connectivity index (χ2v) is 4.89. The van der Waals surface area contributed by atoms with Crippen LogP contribution >= 0.6 is 11.6 Å². The number of hydrogen-bond acceptors (Lipinski definition) is 2.